The van der Waals surface area contributed by atoms with E-state index in [1.165, 1.54) is 0 Å². The van der Waals surface area contributed by atoms with Crippen molar-refractivity contribution in [2.24, 2.45) is 0 Å². The molecule has 1 heterocycles. The monoisotopic (exact) mass is 210 g/mol. The van der Waals surface area contributed by atoms with Crippen molar-refractivity contribution in [3.63, 3.8) is 0 Å². The van der Waals surface area contributed by atoms with E-state index in [0.29, 0.717) is 0 Å². The highest BCUT2D eigenvalue weighted by Gasteiger charge is 2.31. The third-order valence-corrected chi connectivity index (χ3v) is 3.34. The Morgan fingerprint density at radius 1 is 1.47 bits per heavy atom. The maximum Gasteiger partial charge on any atom is 0.108 e. The van der Waals surface area contributed by atoms with Gasteiger partial charge in [-0.05, 0) is 27.9 Å². The molecule has 15 heavy (non-hydrogen) atoms. The fourth-order valence-corrected chi connectivity index (χ4v) is 1.95. The summed E-state index contributed by atoms with van der Waals surface area (Å²) in [5.74, 6) is 0. The molecule has 0 aromatic heterocycles. The minimum atomic E-state index is -0.0517. The summed E-state index contributed by atoms with van der Waals surface area (Å²) >= 11 is 0. The van der Waals surface area contributed by atoms with Crippen molar-refractivity contribution in [1.29, 1.82) is 5.26 Å². The Labute approximate surface area is 92.8 Å². The maximum absolute atomic E-state index is 8.89. The van der Waals surface area contributed by atoms with Crippen LogP contribution in [0.2, 0.25) is 0 Å². The molecule has 1 atom stereocenters. The molecule has 0 spiro atoms. The average Bonchev–Trinajstić information content (AvgIpc) is 2.19. The van der Waals surface area contributed by atoms with Crippen LogP contribution >= 0.6 is 0 Å². The third kappa shape index (κ3) is 3.16. The first kappa shape index (κ1) is 12.4. The average molecular weight is 210 g/mol. The van der Waals surface area contributed by atoms with Crippen LogP contribution in [0.3, 0.4) is 0 Å². The van der Waals surface area contributed by atoms with Gasteiger partial charge in [0.15, 0.2) is 0 Å². The van der Waals surface area contributed by atoms with Crippen molar-refractivity contribution >= 4 is 0 Å². The summed E-state index contributed by atoms with van der Waals surface area (Å²) in [7, 11) is 4.01. The second kappa shape index (κ2) is 4.93. The summed E-state index contributed by atoms with van der Waals surface area (Å²) in [6.45, 7) is 8.49. The van der Waals surface area contributed by atoms with E-state index in [2.05, 4.69) is 42.1 Å². The quantitative estimate of drug-likeness (QED) is 0.719. The largest absolute Gasteiger partial charge is 0.304 e. The van der Waals surface area contributed by atoms with E-state index in [1.807, 2.05) is 7.05 Å². The van der Waals surface area contributed by atoms with Crippen LogP contribution in [-0.4, -0.2) is 61.7 Å². The molecule has 1 aliphatic rings. The van der Waals surface area contributed by atoms with Gasteiger partial charge in [-0.25, -0.2) is 0 Å². The molecule has 0 saturated carbocycles. The standard InChI is InChI=1S/C11H22N4/c1-11(2)9-15(6-5-14(11)4)8-10(7-12)13-3/h10,13H,5-6,8-9H2,1-4H3. The van der Waals surface area contributed by atoms with E-state index in [4.69, 9.17) is 5.26 Å². The van der Waals surface area contributed by atoms with Gasteiger partial charge in [-0.1, -0.05) is 0 Å². The number of hydrogen-bond donors (Lipinski definition) is 1. The smallest absolute Gasteiger partial charge is 0.108 e. The first-order valence-electron chi connectivity index (χ1n) is 5.50. The van der Waals surface area contributed by atoms with Gasteiger partial charge in [0.25, 0.3) is 0 Å². The zero-order valence-corrected chi connectivity index (χ0v) is 10.2. The van der Waals surface area contributed by atoms with Crippen molar-refractivity contribution in [2.45, 2.75) is 25.4 Å². The van der Waals surface area contributed by atoms with Gasteiger partial charge in [0.2, 0.25) is 0 Å². The van der Waals surface area contributed by atoms with Crippen molar-refractivity contribution in [3.05, 3.63) is 0 Å². The molecule has 4 heteroatoms. The van der Waals surface area contributed by atoms with Crippen LogP contribution in [0.15, 0.2) is 0 Å². The zero-order valence-electron chi connectivity index (χ0n) is 10.2. The van der Waals surface area contributed by atoms with Gasteiger partial charge in [0, 0.05) is 31.7 Å². The van der Waals surface area contributed by atoms with Crippen LogP contribution in [0.25, 0.3) is 0 Å². The number of rotatable bonds is 3. The van der Waals surface area contributed by atoms with Crippen LogP contribution in [-0.2, 0) is 0 Å². The van der Waals surface area contributed by atoms with Crippen LogP contribution in [0.1, 0.15) is 13.8 Å². The molecule has 1 saturated heterocycles. The summed E-state index contributed by atoms with van der Waals surface area (Å²) in [5, 5.41) is 11.9. The van der Waals surface area contributed by atoms with Crippen LogP contribution < -0.4 is 5.32 Å². The highest BCUT2D eigenvalue weighted by Crippen LogP contribution is 2.18. The fourth-order valence-electron chi connectivity index (χ4n) is 1.95. The molecule has 0 aromatic carbocycles. The third-order valence-electron chi connectivity index (χ3n) is 3.34. The van der Waals surface area contributed by atoms with Crippen LogP contribution in [0, 0.1) is 11.3 Å². The molecule has 0 aliphatic carbocycles. The lowest BCUT2D eigenvalue weighted by Crippen LogP contribution is -2.59. The second-order valence-electron chi connectivity index (χ2n) is 4.94. The van der Waals surface area contributed by atoms with Gasteiger partial charge in [-0.15, -0.1) is 0 Å². The Bertz CT molecular complexity index is 243. The second-order valence-corrected chi connectivity index (χ2v) is 4.94. The predicted octanol–water partition coefficient (Wildman–Crippen LogP) is 0.124. The molecule has 0 amide bonds. The summed E-state index contributed by atoms with van der Waals surface area (Å²) < 4.78 is 0. The number of hydrogen-bond acceptors (Lipinski definition) is 4. The number of nitrogens with one attached hydrogen (secondary N) is 1. The Balaban J connectivity index is 2.49. The van der Waals surface area contributed by atoms with E-state index in [1.54, 1.807) is 0 Å². The molecule has 1 fully saturated rings. The minimum absolute atomic E-state index is 0.0517. The lowest BCUT2D eigenvalue weighted by molar-refractivity contribution is 0.0382. The summed E-state index contributed by atoms with van der Waals surface area (Å²) in [6.07, 6.45) is 0. The maximum atomic E-state index is 8.89. The number of nitriles is 1. The van der Waals surface area contributed by atoms with Crippen LogP contribution in [0.4, 0.5) is 0 Å². The van der Waals surface area contributed by atoms with E-state index in [9.17, 15) is 0 Å². The van der Waals surface area contributed by atoms with Gasteiger partial charge in [0.1, 0.15) is 6.04 Å². The molecule has 1 rings (SSSR count). The zero-order chi connectivity index (χ0) is 11.5. The van der Waals surface area contributed by atoms with Gasteiger partial charge < -0.3 is 5.32 Å². The molecule has 1 aliphatic heterocycles. The van der Waals surface area contributed by atoms with Gasteiger partial charge in [0.05, 0.1) is 6.07 Å². The summed E-state index contributed by atoms with van der Waals surface area (Å²) in [4.78, 5) is 4.74. The van der Waals surface area contributed by atoms with Crippen molar-refractivity contribution in [1.82, 2.24) is 15.1 Å². The highest BCUT2D eigenvalue weighted by atomic mass is 15.3. The number of piperazine rings is 1. The molecule has 0 aromatic rings. The molecule has 0 radical (unpaired) electrons. The van der Waals surface area contributed by atoms with E-state index >= 15 is 0 Å². The molecule has 0 bridgehead atoms. The van der Waals surface area contributed by atoms with Crippen molar-refractivity contribution in [3.8, 4) is 6.07 Å². The molecule has 86 valence electrons. The first-order chi connectivity index (χ1) is 6.99. The van der Waals surface area contributed by atoms with Crippen molar-refractivity contribution in [2.75, 3.05) is 40.3 Å². The lowest BCUT2D eigenvalue weighted by Gasteiger charge is -2.45. The Kier molecular flexibility index (Phi) is 4.09. The van der Waals surface area contributed by atoms with E-state index in [-0.39, 0.29) is 11.6 Å². The topological polar surface area (TPSA) is 42.3 Å². The summed E-state index contributed by atoms with van der Waals surface area (Å²) in [6, 6.07) is 2.22. The Morgan fingerprint density at radius 3 is 2.60 bits per heavy atom. The normalized spacial score (nSPS) is 24.7. The molecule has 4 nitrogen and oxygen atoms in total. The highest BCUT2D eigenvalue weighted by molar-refractivity contribution is 4.95. The first-order valence-corrected chi connectivity index (χ1v) is 5.50. The number of likely N-dealkylation sites (N-methyl/N-ethyl adjacent to an activating group) is 2. The van der Waals surface area contributed by atoms with E-state index in [0.717, 1.165) is 26.2 Å². The minimum Gasteiger partial charge on any atom is -0.304 e. The molecular weight excluding hydrogens is 188 g/mol. The molecular formula is C11H22N4. The van der Waals surface area contributed by atoms with Gasteiger partial charge in [-0.2, -0.15) is 5.26 Å². The summed E-state index contributed by atoms with van der Waals surface area (Å²) in [5.41, 5.74) is 0.214. The lowest BCUT2D eigenvalue weighted by atomic mass is 9.99. The SMILES string of the molecule is CNC(C#N)CN1CCN(C)C(C)(C)C1. The fraction of sp³-hybridized carbons (Fsp3) is 0.909. The number of nitrogens with zero attached hydrogens (tertiary/aromatic N) is 3. The van der Waals surface area contributed by atoms with Gasteiger partial charge in [-0.3, -0.25) is 9.80 Å². The molecule has 1 N–H and O–H groups in total. The van der Waals surface area contributed by atoms with E-state index < -0.39 is 0 Å². The van der Waals surface area contributed by atoms with Gasteiger partial charge >= 0.3 is 0 Å². The molecule has 1 unspecified atom stereocenters. The predicted molar refractivity (Wildman–Crippen MR) is 61.6 cm³/mol. The van der Waals surface area contributed by atoms with Crippen LogP contribution in [0.5, 0.6) is 0 Å². The Hall–Kier alpha value is -0.630. The van der Waals surface area contributed by atoms with Crippen molar-refractivity contribution < 1.29 is 0 Å². The Morgan fingerprint density at radius 2 is 2.13 bits per heavy atom.